The van der Waals surface area contributed by atoms with Gasteiger partial charge in [-0.05, 0) is 25.2 Å². The first-order chi connectivity index (χ1) is 10.0. The van der Waals surface area contributed by atoms with Crippen LogP contribution in [0.2, 0.25) is 0 Å². The third kappa shape index (κ3) is 4.85. The number of hydrogen-bond acceptors (Lipinski definition) is 5. The molecule has 1 aromatic carbocycles. The van der Waals surface area contributed by atoms with Gasteiger partial charge in [-0.15, -0.1) is 0 Å². The van der Waals surface area contributed by atoms with Crippen LogP contribution in [0, 0.1) is 5.82 Å². The Labute approximate surface area is 133 Å². The van der Waals surface area contributed by atoms with Crippen molar-refractivity contribution in [2.75, 3.05) is 30.9 Å². The predicted molar refractivity (Wildman–Crippen MR) is 87.9 cm³/mol. The van der Waals surface area contributed by atoms with E-state index in [0.29, 0.717) is 23.9 Å². The Kier molecular flexibility index (Phi) is 6.36. The van der Waals surface area contributed by atoms with E-state index in [0.717, 1.165) is 17.3 Å². The van der Waals surface area contributed by atoms with Crippen LogP contribution >= 0.6 is 23.5 Å². The van der Waals surface area contributed by atoms with Gasteiger partial charge in [0.05, 0.1) is 4.90 Å². The number of hydrogen-bond donors (Lipinski definition) is 2. The molecule has 2 N–H and O–H groups in total. The van der Waals surface area contributed by atoms with Crippen molar-refractivity contribution in [2.45, 2.75) is 16.7 Å². The number of thioether (sulfide) groups is 2. The number of rotatable bonds is 6. The molecule has 1 aromatic rings. The average Bonchev–Trinajstić information content (AvgIpc) is 2.49. The maximum atomic E-state index is 13.6. The lowest BCUT2D eigenvalue weighted by molar-refractivity contribution is 0.578. The molecule has 0 aromatic heterocycles. The van der Waals surface area contributed by atoms with Crippen LogP contribution in [0.15, 0.2) is 23.1 Å². The minimum Gasteiger partial charge on any atom is -0.316 e. The molecule has 1 unspecified atom stereocenters. The first-order valence-electron chi connectivity index (χ1n) is 6.65. The Bertz CT molecular complexity index is 575. The summed E-state index contributed by atoms with van der Waals surface area (Å²) < 4.78 is 40.7. The summed E-state index contributed by atoms with van der Waals surface area (Å²) in [5, 5.41) is 3.13. The predicted octanol–water partition coefficient (Wildman–Crippen LogP) is 1.67. The molecule has 1 atom stereocenters. The normalized spacial score (nSPS) is 19.6. The molecule has 0 saturated carbocycles. The minimum atomic E-state index is -3.58. The van der Waals surface area contributed by atoms with Gasteiger partial charge < -0.3 is 5.32 Å². The summed E-state index contributed by atoms with van der Waals surface area (Å²) in [5.41, 5.74) is 0.350. The molecule has 118 valence electrons. The molecule has 21 heavy (non-hydrogen) atoms. The summed E-state index contributed by atoms with van der Waals surface area (Å²) in [5.74, 6) is 2.74. The van der Waals surface area contributed by atoms with Gasteiger partial charge in [-0.1, -0.05) is 0 Å². The number of nitrogens with one attached hydrogen (secondary N) is 2. The van der Waals surface area contributed by atoms with Gasteiger partial charge in [-0.25, -0.2) is 17.5 Å². The largest absolute Gasteiger partial charge is 0.316 e. The van der Waals surface area contributed by atoms with E-state index in [1.165, 1.54) is 18.2 Å². The highest BCUT2D eigenvalue weighted by Crippen LogP contribution is 2.24. The molecule has 0 bridgehead atoms. The number of halogens is 1. The molecule has 4 nitrogen and oxygen atoms in total. The maximum Gasteiger partial charge on any atom is 0.240 e. The van der Waals surface area contributed by atoms with E-state index in [2.05, 4.69) is 10.0 Å². The molecular formula is C13H19FN2O2S3. The Morgan fingerprint density at radius 2 is 2.19 bits per heavy atom. The van der Waals surface area contributed by atoms with E-state index in [9.17, 15) is 12.8 Å². The van der Waals surface area contributed by atoms with Gasteiger partial charge in [-0.3, -0.25) is 0 Å². The molecule has 1 saturated heterocycles. The zero-order valence-electron chi connectivity index (χ0n) is 11.8. The van der Waals surface area contributed by atoms with Crippen molar-refractivity contribution in [1.82, 2.24) is 10.0 Å². The zero-order valence-corrected chi connectivity index (χ0v) is 14.2. The Hall–Kier alpha value is -0.280. The van der Waals surface area contributed by atoms with Crippen molar-refractivity contribution >= 4 is 33.5 Å². The molecular weight excluding hydrogens is 331 g/mol. The van der Waals surface area contributed by atoms with E-state index in [1.54, 1.807) is 18.8 Å². The van der Waals surface area contributed by atoms with Crippen LogP contribution in [0.5, 0.6) is 0 Å². The minimum absolute atomic E-state index is 0.114. The van der Waals surface area contributed by atoms with Crippen molar-refractivity contribution in [3.63, 3.8) is 0 Å². The van der Waals surface area contributed by atoms with Crippen LogP contribution in [0.4, 0.5) is 4.39 Å². The third-order valence-electron chi connectivity index (χ3n) is 3.08. The topological polar surface area (TPSA) is 58.2 Å². The van der Waals surface area contributed by atoms with E-state index < -0.39 is 15.8 Å². The number of sulfonamides is 1. The molecule has 1 aliphatic heterocycles. The lowest BCUT2D eigenvalue weighted by Crippen LogP contribution is -2.33. The molecule has 1 fully saturated rings. The van der Waals surface area contributed by atoms with Crippen LogP contribution in [0.1, 0.15) is 5.56 Å². The smallest absolute Gasteiger partial charge is 0.240 e. The number of benzene rings is 1. The van der Waals surface area contributed by atoms with Crippen molar-refractivity contribution in [3.8, 4) is 0 Å². The Morgan fingerprint density at radius 3 is 2.86 bits per heavy atom. The highest BCUT2D eigenvalue weighted by atomic mass is 32.2. The molecule has 1 heterocycles. The second kappa shape index (κ2) is 7.82. The molecule has 0 aliphatic carbocycles. The lowest BCUT2D eigenvalue weighted by atomic mass is 10.2. The Balaban J connectivity index is 2.06. The molecule has 1 aliphatic rings. The van der Waals surface area contributed by atoms with Crippen LogP contribution in [-0.2, 0) is 16.6 Å². The van der Waals surface area contributed by atoms with Gasteiger partial charge in [0, 0.05) is 41.2 Å². The molecule has 0 amide bonds. The van der Waals surface area contributed by atoms with E-state index in [1.807, 2.05) is 11.8 Å². The summed E-state index contributed by atoms with van der Waals surface area (Å²) in [7, 11) is -1.89. The van der Waals surface area contributed by atoms with Crippen LogP contribution in [0.3, 0.4) is 0 Å². The Morgan fingerprint density at radius 1 is 1.38 bits per heavy atom. The van der Waals surface area contributed by atoms with Crippen molar-refractivity contribution in [1.29, 1.82) is 0 Å². The fraction of sp³-hybridized carbons (Fsp3) is 0.538. The van der Waals surface area contributed by atoms with E-state index in [4.69, 9.17) is 0 Å². The monoisotopic (exact) mass is 350 g/mol. The van der Waals surface area contributed by atoms with Crippen molar-refractivity contribution in [3.05, 3.63) is 29.6 Å². The summed E-state index contributed by atoms with van der Waals surface area (Å²) >= 11 is 3.64. The van der Waals surface area contributed by atoms with Gasteiger partial charge in [0.2, 0.25) is 10.0 Å². The first-order valence-corrected chi connectivity index (χ1v) is 10.3. The fourth-order valence-corrected chi connectivity index (χ4v) is 5.83. The van der Waals surface area contributed by atoms with Crippen LogP contribution in [0.25, 0.3) is 0 Å². The van der Waals surface area contributed by atoms with Gasteiger partial charge in [0.15, 0.2) is 0 Å². The second-order valence-corrected chi connectivity index (χ2v) is 9.03. The van der Waals surface area contributed by atoms with Gasteiger partial charge in [0.25, 0.3) is 0 Å². The van der Waals surface area contributed by atoms with Gasteiger partial charge in [-0.2, -0.15) is 23.5 Å². The third-order valence-corrected chi connectivity index (χ3v) is 7.35. The summed E-state index contributed by atoms with van der Waals surface area (Å²) in [4.78, 5) is 0.114. The molecule has 0 spiro atoms. The average molecular weight is 351 g/mol. The fourth-order valence-electron chi connectivity index (χ4n) is 1.98. The summed E-state index contributed by atoms with van der Waals surface area (Å²) in [6.07, 6.45) is 0. The van der Waals surface area contributed by atoms with Crippen LogP contribution in [-0.4, -0.2) is 44.5 Å². The quantitative estimate of drug-likeness (QED) is 0.817. The second-order valence-electron chi connectivity index (χ2n) is 4.70. The molecule has 2 rings (SSSR count). The summed E-state index contributed by atoms with van der Waals surface area (Å²) in [6, 6.07) is 3.89. The maximum absolute atomic E-state index is 13.6. The highest BCUT2D eigenvalue weighted by molar-refractivity contribution is 8.06. The van der Waals surface area contributed by atoms with E-state index in [-0.39, 0.29) is 4.90 Å². The molecule has 0 radical (unpaired) electrons. The zero-order chi connectivity index (χ0) is 15.3. The summed E-state index contributed by atoms with van der Waals surface area (Å²) in [6.45, 7) is 0.711. The highest BCUT2D eigenvalue weighted by Gasteiger charge is 2.20. The van der Waals surface area contributed by atoms with E-state index >= 15 is 0 Å². The first kappa shape index (κ1) is 17.1. The van der Waals surface area contributed by atoms with Crippen molar-refractivity contribution < 1.29 is 12.8 Å². The SMILES string of the molecule is CNCc1cc(S(=O)(=O)NCC2CSCCS2)ccc1F. The molecule has 8 heteroatoms. The van der Waals surface area contributed by atoms with Gasteiger partial charge >= 0.3 is 0 Å². The lowest BCUT2D eigenvalue weighted by Gasteiger charge is -2.21. The van der Waals surface area contributed by atoms with Gasteiger partial charge in [0.1, 0.15) is 5.82 Å². The standard InChI is InChI=1S/C13H19FN2O2S3/c1-15-7-10-6-12(2-3-13(10)14)21(17,18)16-8-11-9-19-4-5-20-11/h2-3,6,11,15-16H,4-5,7-9H2,1H3. The van der Waals surface area contributed by atoms with Crippen molar-refractivity contribution in [2.24, 2.45) is 0 Å². The van der Waals surface area contributed by atoms with Crippen LogP contribution < -0.4 is 10.0 Å².